The van der Waals surface area contributed by atoms with E-state index >= 15 is 0 Å². The first kappa shape index (κ1) is 11.0. The van der Waals surface area contributed by atoms with Crippen molar-refractivity contribution in [3.8, 4) is 0 Å². The second kappa shape index (κ2) is 8.55. The van der Waals surface area contributed by atoms with Crippen LogP contribution in [0, 0.1) is 0 Å². The maximum Gasteiger partial charge on any atom is -0.0166 e. The maximum absolute atomic E-state index is 2.30. The van der Waals surface area contributed by atoms with Crippen molar-refractivity contribution in [3.05, 3.63) is 48.6 Å². The van der Waals surface area contributed by atoms with E-state index in [1.54, 1.807) is 0 Å². The van der Waals surface area contributed by atoms with Gasteiger partial charge in [-0.2, -0.15) is 0 Å². The molecule has 1 aliphatic carbocycles. The van der Waals surface area contributed by atoms with Gasteiger partial charge in [0.2, 0.25) is 0 Å². The van der Waals surface area contributed by atoms with Crippen LogP contribution in [0.4, 0.5) is 0 Å². The highest BCUT2D eigenvalue weighted by atomic mass is 13.9. The average Bonchev–Trinajstić information content (AvgIpc) is 2.22. The summed E-state index contributed by atoms with van der Waals surface area (Å²) in [5.41, 5.74) is 0. The maximum atomic E-state index is 2.30. The van der Waals surface area contributed by atoms with Crippen molar-refractivity contribution in [2.45, 2.75) is 38.5 Å². The highest BCUT2D eigenvalue weighted by Gasteiger charge is 1.83. The molecule has 0 heteroatoms. The van der Waals surface area contributed by atoms with E-state index < -0.39 is 0 Å². The fraction of sp³-hybridized carbons (Fsp3) is 0.429. The summed E-state index contributed by atoms with van der Waals surface area (Å²) in [6, 6.07) is 0. The van der Waals surface area contributed by atoms with Gasteiger partial charge >= 0.3 is 0 Å². The minimum absolute atomic E-state index is 1.05. The Balaban J connectivity index is 2.35. The molecule has 14 heavy (non-hydrogen) atoms. The highest BCUT2D eigenvalue weighted by Crippen LogP contribution is 2.03. The van der Waals surface area contributed by atoms with Crippen LogP contribution < -0.4 is 0 Å². The molecule has 76 valence electrons. The van der Waals surface area contributed by atoms with Crippen molar-refractivity contribution in [3.63, 3.8) is 0 Å². The van der Waals surface area contributed by atoms with Crippen LogP contribution in [0.25, 0.3) is 0 Å². The van der Waals surface area contributed by atoms with E-state index in [9.17, 15) is 0 Å². The van der Waals surface area contributed by atoms with E-state index in [-0.39, 0.29) is 0 Å². The molecule has 0 spiro atoms. The first-order chi connectivity index (χ1) is 7.00. The van der Waals surface area contributed by atoms with Crippen LogP contribution in [0.1, 0.15) is 38.5 Å². The summed E-state index contributed by atoms with van der Waals surface area (Å²) in [6.45, 7) is 0. The molecule has 1 rings (SSSR count). The molecule has 0 aromatic heterocycles. The van der Waals surface area contributed by atoms with Gasteiger partial charge in [-0.15, -0.1) is 0 Å². The zero-order valence-electron chi connectivity index (χ0n) is 8.86. The van der Waals surface area contributed by atoms with Crippen LogP contribution in [0.3, 0.4) is 0 Å². The monoisotopic (exact) mass is 188 g/mol. The fourth-order valence-electron chi connectivity index (χ4n) is 1.42. The fourth-order valence-corrected chi connectivity index (χ4v) is 1.42. The summed E-state index contributed by atoms with van der Waals surface area (Å²) in [4.78, 5) is 0. The van der Waals surface area contributed by atoms with Gasteiger partial charge in [-0.3, -0.25) is 0 Å². The van der Waals surface area contributed by atoms with Gasteiger partial charge in [0.15, 0.2) is 0 Å². The van der Waals surface area contributed by atoms with Crippen molar-refractivity contribution < 1.29 is 0 Å². The Morgan fingerprint density at radius 2 is 1.07 bits per heavy atom. The molecule has 0 amide bonds. The normalized spacial score (nSPS) is 24.0. The van der Waals surface area contributed by atoms with Crippen LogP contribution in [-0.2, 0) is 0 Å². The number of hydrogen-bond donors (Lipinski definition) is 0. The molecule has 0 unspecified atom stereocenters. The number of rotatable bonds is 0. The van der Waals surface area contributed by atoms with E-state index in [2.05, 4.69) is 48.6 Å². The smallest absolute Gasteiger partial charge is 0.0166 e. The lowest BCUT2D eigenvalue weighted by atomic mass is 10.1. The third-order valence-corrected chi connectivity index (χ3v) is 2.25. The Morgan fingerprint density at radius 1 is 0.500 bits per heavy atom. The van der Waals surface area contributed by atoms with Crippen LogP contribution in [0.2, 0.25) is 0 Å². The molecule has 0 bridgehead atoms. The van der Waals surface area contributed by atoms with Gasteiger partial charge in [-0.05, 0) is 38.5 Å². The third kappa shape index (κ3) is 6.47. The van der Waals surface area contributed by atoms with Gasteiger partial charge < -0.3 is 0 Å². The number of hydrogen-bond acceptors (Lipinski definition) is 0. The molecule has 0 aliphatic heterocycles. The molecule has 0 radical (unpaired) electrons. The van der Waals surface area contributed by atoms with Crippen LogP contribution >= 0.6 is 0 Å². The lowest BCUT2D eigenvalue weighted by Crippen LogP contribution is -1.72. The van der Waals surface area contributed by atoms with Gasteiger partial charge in [0.05, 0.1) is 0 Å². The van der Waals surface area contributed by atoms with Crippen molar-refractivity contribution in [2.24, 2.45) is 0 Å². The highest BCUT2D eigenvalue weighted by molar-refractivity contribution is 5.05. The quantitative estimate of drug-likeness (QED) is 0.489. The van der Waals surface area contributed by atoms with Crippen LogP contribution in [0.15, 0.2) is 48.6 Å². The zero-order chi connectivity index (χ0) is 9.90. The molecule has 0 atom stereocenters. The summed E-state index contributed by atoms with van der Waals surface area (Å²) in [7, 11) is 0. The molecule has 0 heterocycles. The van der Waals surface area contributed by atoms with Crippen LogP contribution in [0.5, 0.6) is 0 Å². The van der Waals surface area contributed by atoms with Gasteiger partial charge in [0, 0.05) is 0 Å². The lowest BCUT2D eigenvalue weighted by molar-refractivity contribution is 0.761. The van der Waals surface area contributed by atoms with Gasteiger partial charge in [0.1, 0.15) is 0 Å². The summed E-state index contributed by atoms with van der Waals surface area (Å²) in [5.74, 6) is 0. The summed E-state index contributed by atoms with van der Waals surface area (Å²) in [5, 5.41) is 0. The molecule has 0 nitrogen and oxygen atoms in total. The molecule has 0 N–H and O–H groups in total. The van der Waals surface area contributed by atoms with Crippen molar-refractivity contribution >= 4 is 0 Å². The van der Waals surface area contributed by atoms with E-state index in [0.29, 0.717) is 0 Å². The summed E-state index contributed by atoms with van der Waals surface area (Å²) < 4.78 is 0. The molecule has 0 fully saturated rings. The Bertz CT molecular complexity index is 228. The Hall–Kier alpha value is -1.04. The van der Waals surface area contributed by atoms with Gasteiger partial charge in [0.25, 0.3) is 0 Å². The average molecular weight is 188 g/mol. The first-order valence-electron chi connectivity index (χ1n) is 5.62. The van der Waals surface area contributed by atoms with Crippen molar-refractivity contribution in [2.75, 3.05) is 0 Å². The van der Waals surface area contributed by atoms with E-state index in [0.717, 1.165) is 12.8 Å². The molecular formula is C14H20. The zero-order valence-corrected chi connectivity index (χ0v) is 8.86. The summed E-state index contributed by atoms with van der Waals surface area (Å²) >= 11 is 0. The largest absolute Gasteiger partial charge is 0.0882 e. The van der Waals surface area contributed by atoms with Gasteiger partial charge in [-0.25, -0.2) is 0 Å². The van der Waals surface area contributed by atoms with E-state index in [4.69, 9.17) is 0 Å². The third-order valence-electron chi connectivity index (χ3n) is 2.25. The minimum atomic E-state index is 1.05. The molecule has 0 aromatic rings. The van der Waals surface area contributed by atoms with Crippen molar-refractivity contribution in [1.29, 1.82) is 0 Å². The molecular weight excluding hydrogens is 168 g/mol. The molecule has 1 aliphatic rings. The summed E-state index contributed by atoms with van der Waals surface area (Å²) in [6.07, 6.45) is 25.0. The second-order valence-corrected chi connectivity index (χ2v) is 3.55. The van der Waals surface area contributed by atoms with E-state index in [1.165, 1.54) is 25.7 Å². The standard InChI is InChI=1S/C14H20/c1-2-4-6-8-10-12-14-13-11-9-7-5-3-1/h1-4,7,9,13-14H,5-6,8,10-12H2/b3-1?,4-2?,9-7+,14-13+. The number of allylic oxidation sites excluding steroid dienone is 8. The second-order valence-electron chi connectivity index (χ2n) is 3.55. The minimum Gasteiger partial charge on any atom is -0.0882 e. The van der Waals surface area contributed by atoms with Crippen molar-refractivity contribution in [1.82, 2.24) is 0 Å². The molecule has 0 saturated carbocycles. The Labute approximate surface area is 87.7 Å². The molecule has 0 saturated heterocycles. The van der Waals surface area contributed by atoms with Crippen LogP contribution in [-0.4, -0.2) is 0 Å². The topological polar surface area (TPSA) is 0 Å². The SMILES string of the molecule is C1=CC/C=C/C/C=C/CCCCC=C1. The first-order valence-corrected chi connectivity index (χ1v) is 5.62. The van der Waals surface area contributed by atoms with E-state index in [1.807, 2.05) is 0 Å². The Morgan fingerprint density at radius 3 is 1.93 bits per heavy atom. The lowest BCUT2D eigenvalue weighted by Gasteiger charge is -1.93. The molecule has 0 aromatic carbocycles. The van der Waals surface area contributed by atoms with Gasteiger partial charge in [-0.1, -0.05) is 48.6 Å². The predicted molar refractivity (Wildman–Crippen MR) is 64.3 cm³/mol. The Kier molecular flexibility index (Phi) is 6.74. The predicted octanol–water partition coefficient (Wildman–Crippen LogP) is 4.57.